The number of nitrogens with one attached hydrogen (secondary N) is 2. The Hall–Kier alpha value is -2.35. The highest BCUT2D eigenvalue weighted by Crippen LogP contribution is 2.41. The van der Waals surface area contributed by atoms with Crippen molar-refractivity contribution >= 4 is 27.7 Å². The summed E-state index contributed by atoms with van der Waals surface area (Å²) in [5, 5.41) is 4.44. The Bertz CT molecular complexity index is 836. The monoisotopic (exact) mass is 434 g/mol. The third kappa shape index (κ3) is 5.09. The number of aromatic nitrogens is 2. The number of amides is 2. The SMILES string of the molecule is CC(C)(C)n1nc(C(=O)NNC(=O)COc2ccc(Br)cc2)cc1C1CC1. The summed E-state index contributed by atoms with van der Waals surface area (Å²) >= 11 is 3.33. The molecule has 2 amide bonds. The number of rotatable bonds is 5. The molecule has 1 saturated carbocycles. The fourth-order valence-electron chi connectivity index (χ4n) is 2.62. The minimum Gasteiger partial charge on any atom is -0.484 e. The lowest BCUT2D eigenvalue weighted by Crippen LogP contribution is -2.44. The molecule has 8 heteroatoms. The molecule has 0 radical (unpaired) electrons. The van der Waals surface area contributed by atoms with Gasteiger partial charge in [-0.25, -0.2) is 0 Å². The van der Waals surface area contributed by atoms with Gasteiger partial charge in [0, 0.05) is 16.1 Å². The number of nitrogens with zero attached hydrogens (tertiary/aromatic N) is 2. The number of benzene rings is 1. The van der Waals surface area contributed by atoms with Crippen LogP contribution in [0.15, 0.2) is 34.8 Å². The molecule has 0 atom stereocenters. The molecule has 1 aliphatic carbocycles. The van der Waals surface area contributed by atoms with Gasteiger partial charge < -0.3 is 4.74 Å². The number of carbonyl (C=O) groups is 2. The lowest BCUT2D eigenvalue weighted by molar-refractivity contribution is -0.123. The fourth-order valence-corrected chi connectivity index (χ4v) is 2.88. The van der Waals surface area contributed by atoms with Crippen LogP contribution < -0.4 is 15.6 Å². The lowest BCUT2D eigenvalue weighted by Gasteiger charge is -2.22. The van der Waals surface area contributed by atoms with Crippen molar-refractivity contribution in [3.8, 4) is 5.75 Å². The maximum atomic E-state index is 12.3. The van der Waals surface area contributed by atoms with E-state index in [4.69, 9.17) is 4.74 Å². The molecule has 27 heavy (non-hydrogen) atoms. The molecule has 7 nitrogen and oxygen atoms in total. The lowest BCUT2D eigenvalue weighted by atomic mass is 10.1. The van der Waals surface area contributed by atoms with Crippen LogP contribution in [-0.4, -0.2) is 28.2 Å². The van der Waals surface area contributed by atoms with Crippen LogP contribution in [0.5, 0.6) is 5.75 Å². The van der Waals surface area contributed by atoms with Crippen LogP contribution in [0.4, 0.5) is 0 Å². The van der Waals surface area contributed by atoms with E-state index in [2.05, 4.69) is 52.7 Å². The van der Waals surface area contributed by atoms with Crippen molar-refractivity contribution in [2.24, 2.45) is 0 Å². The zero-order chi connectivity index (χ0) is 19.6. The molecule has 0 bridgehead atoms. The van der Waals surface area contributed by atoms with Crippen LogP contribution in [0, 0.1) is 0 Å². The highest BCUT2D eigenvalue weighted by molar-refractivity contribution is 9.10. The Kier molecular flexibility index (Phi) is 5.55. The number of halogens is 1. The molecule has 1 heterocycles. The number of ether oxygens (including phenoxy) is 1. The average molecular weight is 435 g/mol. The van der Waals surface area contributed by atoms with E-state index in [1.807, 2.05) is 22.9 Å². The van der Waals surface area contributed by atoms with Gasteiger partial charge in [0.2, 0.25) is 0 Å². The van der Waals surface area contributed by atoms with Gasteiger partial charge in [0.15, 0.2) is 12.3 Å². The summed E-state index contributed by atoms with van der Waals surface area (Å²) in [6, 6.07) is 8.93. The fraction of sp³-hybridized carbons (Fsp3) is 0.421. The van der Waals surface area contributed by atoms with Crippen LogP contribution in [0.1, 0.15) is 55.7 Å². The molecule has 1 aliphatic rings. The standard InChI is InChI=1S/C19H23BrN4O3/c1-19(2,3)24-16(12-4-5-12)10-15(23-24)18(26)22-21-17(25)11-27-14-8-6-13(20)7-9-14/h6-10,12H,4-5,11H2,1-3H3,(H,21,25)(H,22,26). The van der Waals surface area contributed by atoms with Gasteiger partial charge in [0.1, 0.15) is 5.75 Å². The van der Waals surface area contributed by atoms with Gasteiger partial charge in [-0.1, -0.05) is 15.9 Å². The first-order chi connectivity index (χ1) is 12.7. The molecule has 1 fully saturated rings. The van der Waals surface area contributed by atoms with E-state index in [1.165, 1.54) is 0 Å². The zero-order valence-corrected chi connectivity index (χ0v) is 17.2. The van der Waals surface area contributed by atoms with E-state index in [1.54, 1.807) is 12.1 Å². The van der Waals surface area contributed by atoms with Crippen LogP contribution in [-0.2, 0) is 10.3 Å². The van der Waals surface area contributed by atoms with Crippen molar-refractivity contribution in [1.29, 1.82) is 0 Å². The van der Waals surface area contributed by atoms with Gasteiger partial charge in [0.25, 0.3) is 11.8 Å². The number of hydrazine groups is 1. The Labute approximate surface area is 166 Å². The Balaban J connectivity index is 1.54. The molecule has 0 saturated heterocycles. The quantitative estimate of drug-likeness (QED) is 0.707. The maximum Gasteiger partial charge on any atom is 0.290 e. The predicted octanol–water partition coefficient (Wildman–Crippen LogP) is 3.12. The molecule has 0 aliphatic heterocycles. The summed E-state index contributed by atoms with van der Waals surface area (Å²) in [7, 11) is 0. The van der Waals surface area contributed by atoms with Gasteiger partial charge in [-0.3, -0.25) is 25.1 Å². The van der Waals surface area contributed by atoms with E-state index < -0.39 is 11.8 Å². The van der Waals surface area contributed by atoms with E-state index in [0.717, 1.165) is 23.0 Å². The Morgan fingerprint density at radius 1 is 1.22 bits per heavy atom. The summed E-state index contributed by atoms with van der Waals surface area (Å²) in [6.45, 7) is 5.95. The molecule has 2 aromatic rings. The van der Waals surface area contributed by atoms with Crippen LogP contribution in [0.25, 0.3) is 0 Å². The highest BCUT2D eigenvalue weighted by atomic mass is 79.9. The summed E-state index contributed by atoms with van der Waals surface area (Å²) < 4.78 is 8.19. The van der Waals surface area contributed by atoms with E-state index in [9.17, 15) is 9.59 Å². The second-order valence-corrected chi connectivity index (χ2v) is 8.47. The van der Waals surface area contributed by atoms with E-state index in [0.29, 0.717) is 17.4 Å². The van der Waals surface area contributed by atoms with Crippen molar-refractivity contribution < 1.29 is 14.3 Å². The second-order valence-electron chi connectivity index (χ2n) is 7.56. The Morgan fingerprint density at radius 2 is 1.89 bits per heavy atom. The largest absolute Gasteiger partial charge is 0.484 e. The summed E-state index contributed by atoms with van der Waals surface area (Å²) in [5.74, 6) is 0.130. The molecular weight excluding hydrogens is 412 g/mol. The van der Waals surface area contributed by atoms with Crippen molar-refractivity contribution in [2.75, 3.05) is 6.61 Å². The van der Waals surface area contributed by atoms with Crippen molar-refractivity contribution in [1.82, 2.24) is 20.6 Å². The minimum absolute atomic E-state index is 0.203. The van der Waals surface area contributed by atoms with E-state index >= 15 is 0 Å². The topological polar surface area (TPSA) is 85.3 Å². The molecular formula is C19H23BrN4O3. The molecule has 3 rings (SSSR count). The molecule has 2 N–H and O–H groups in total. The molecule has 0 unspecified atom stereocenters. The van der Waals surface area contributed by atoms with Gasteiger partial charge in [0.05, 0.1) is 5.54 Å². The second kappa shape index (κ2) is 7.72. The van der Waals surface area contributed by atoms with Gasteiger partial charge in [-0.05, 0) is 63.9 Å². The molecule has 144 valence electrons. The minimum atomic E-state index is -0.455. The maximum absolute atomic E-state index is 12.3. The average Bonchev–Trinajstić information content (AvgIpc) is 3.36. The number of carbonyl (C=O) groups excluding carboxylic acids is 2. The summed E-state index contributed by atoms with van der Waals surface area (Å²) in [6.07, 6.45) is 2.24. The highest BCUT2D eigenvalue weighted by Gasteiger charge is 2.32. The first-order valence-electron chi connectivity index (χ1n) is 8.82. The zero-order valence-electron chi connectivity index (χ0n) is 15.6. The third-order valence-electron chi connectivity index (χ3n) is 4.10. The molecule has 1 aromatic carbocycles. The first-order valence-corrected chi connectivity index (χ1v) is 9.61. The van der Waals surface area contributed by atoms with Crippen molar-refractivity contribution in [2.45, 2.75) is 45.1 Å². The van der Waals surface area contributed by atoms with Crippen molar-refractivity contribution in [3.63, 3.8) is 0 Å². The summed E-state index contributed by atoms with van der Waals surface area (Å²) in [5.41, 5.74) is 5.90. The first kappa shape index (κ1) is 19.4. The predicted molar refractivity (Wildman–Crippen MR) is 104 cm³/mol. The normalized spacial score (nSPS) is 13.9. The Morgan fingerprint density at radius 3 is 2.48 bits per heavy atom. The molecule has 0 spiro atoms. The van der Waals surface area contributed by atoms with E-state index in [-0.39, 0.29) is 12.1 Å². The number of hydrogen-bond acceptors (Lipinski definition) is 4. The third-order valence-corrected chi connectivity index (χ3v) is 4.63. The smallest absolute Gasteiger partial charge is 0.290 e. The van der Waals surface area contributed by atoms with Crippen LogP contribution >= 0.6 is 15.9 Å². The van der Waals surface area contributed by atoms with Crippen LogP contribution in [0.2, 0.25) is 0 Å². The number of hydrogen-bond donors (Lipinski definition) is 2. The molecule has 1 aromatic heterocycles. The van der Waals surface area contributed by atoms with Gasteiger partial charge in [-0.2, -0.15) is 5.10 Å². The summed E-state index contributed by atoms with van der Waals surface area (Å²) in [4.78, 5) is 24.2. The van der Waals surface area contributed by atoms with Crippen LogP contribution in [0.3, 0.4) is 0 Å². The van der Waals surface area contributed by atoms with Crippen molar-refractivity contribution in [3.05, 3.63) is 46.2 Å². The van der Waals surface area contributed by atoms with Gasteiger partial charge >= 0.3 is 0 Å². The van der Waals surface area contributed by atoms with Gasteiger partial charge in [-0.15, -0.1) is 0 Å².